The highest BCUT2D eigenvalue weighted by Gasteiger charge is 2.23. The summed E-state index contributed by atoms with van der Waals surface area (Å²) >= 11 is 6.21. The predicted molar refractivity (Wildman–Crippen MR) is 111 cm³/mol. The van der Waals surface area contributed by atoms with Crippen molar-refractivity contribution in [1.29, 1.82) is 0 Å². The van der Waals surface area contributed by atoms with Gasteiger partial charge in [-0.1, -0.05) is 54.1 Å². The lowest BCUT2D eigenvalue weighted by Crippen LogP contribution is -2.43. The van der Waals surface area contributed by atoms with Gasteiger partial charge in [0.2, 0.25) is 6.10 Å². The number of carbonyl (C=O) groups is 1. The fraction of sp³-hybridized carbons (Fsp3) is 0.409. The molecule has 2 aromatic rings. The second kappa shape index (κ2) is 10.3. The summed E-state index contributed by atoms with van der Waals surface area (Å²) in [7, 11) is 0. The van der Waals surface area contributed by atoms with Crippen LogP contribution in [0.2, 0.25) is 5.02 Å². The van der Waals surface area contributed by atoms with Crippen LogP contribution in [0.5, 0.6) is 5.75 Å². The molecule has 0 fully saturated rings. The topological polar surface area (TPSA) is 41.6 Å². The van der Waals surface area contributed by atoms with Gasteiger partial charge >= 0.3 is 0 Å². The van der Waals surface area contributed by atoms with Gasteiger partial charge in [0.25, 0.3) is 5.91 Å². The molecule has 2 rings (SSSR count). The highest BCUT2D eigenvalue weighted by atomic mass is 35.5. The molecule has 146 valence electrons. The number of halogens is 1. The van der Waals surface area contributed by atoms with E-state index in [1.165, 1.54) is 0 Å². The summed E-state index contributed by atoms with van der Waals surface area (Å²) in [5.41, 5.74) is 0.791. The maximum atomic E-state index is 12.9. The third kappa shape index (κ3) is 6.26. The molecule has 0 saturated carbocycles. The number of nitrogens with zero attached hydrogens (tertiary/aromatic N) is 1. The Balaban J connectivity index is 2.09. The number of benzene rings is 2. The van der Waals surface area contributed by atoms with Crippen molar-refractivity contribution in [3.63, 3.8) is 0 Å². The van der Waals surface area contributed by atoms with E-state index < -0.39 is 6.10 Å². The first-order valence-corrected chi connectivity index (χ1v) is 9.77. The van der Waals surface area contributed by atoms with Gasteiger partial charge in [0.05, 0.1) is 5.02 Å². The normalized spacial score (nSPS) is 12.4. The lowest BCUT2D eigenvalue weighted by molar-refractivity contribution is -0.128. The summed E-state index contributed by atoms with van der Waals surface area (Å²) in [4.78, 5) is 15.2. The van der Waals surface area contributed by atoms with Crippen LogP contribution in [0.1, 0.15) is 39.4 Å². The van der Waals surface area contributed by atoms with Gasteiger partial charge in [-0.25, -0.2) is 0 Å². The molecule has 0 unspecified atom stereocenters. The van der Waals surface area contributed by atoms with E-state index in [4.69, 9.17) is 16.3 Å². The van der Waals surface area contributed by atoms with Crippen LogP contribution < -0.4 is 10.1 Å². The monoisotopic (exact) mass is 388 g/mol. The number of para-hydroxylation sites is 1. The van der Waals surface area contributed by atoms with Crippen LogP contribution in [0.25, 0.3) is 0 Å². The van der Waals surface area contributed by atoms with Crippen LogP contribution in [0.15, 0.2) is 54.6 Å². The van der Waals surface area contributed by atoms with E-state index in [1.54, 1.807) is 12.1 Å². The van der Waals surface area contributed by atoms with Crippen molar-refractivity contribution in [3.05, 3.63) is 65.2 Å². The Morgan fingerprint density at radius 1 is 1.00 bits per heavy atom. The maximum Gasteiger partial charge on any atom is 0.265 e. The van der Waals surface area contributed by atoms with Crippen LogP contribution in [0.3, 0.4) is 0 Å². The lowest BCUT2D eigenvalue weighted by Gasteiger charge is -2.30. The van der Waals surface area contributed by atoms with E-state index in [2.05, 4.69) is 37.9 Å². The molecule has 5 heteroatoms. The number of hydrogen-bond donors (Lipinski definition) is 1. The zero-order valence-electron chi connectivity index (χ0n) is 16.5. The van der Waals surface area contributed by atoms with Crippen LogP contribution in [-0.2, 0) is 4.79 Å². The fourth-order valence-electron chi connectivity index (χ4n) is 3.08. The molecule has 0 aliphatic heterocycles. The third-order valence-corrected chi connectivity index (χ3v) is 4.73. The molecule has 1 atom stereocenters. The van der Waals surface area contributed by atoms with Crippen LogP contribution in [-0.4, -0.2) is 36.0 Å². The minimum Gasteiger partial charge on any atom is -0.474 e. The van der Waals surface area contributed by atoms with Crippen molar-refractivity contribution >= 4 is 17.5 Å². The van der Waals surface area contributed by atoms with Crippen molar-refractivity contribution in [2.75, 3.05) is 13.1 Å². The Hall–Kier alpha value is -2.04. The van der Waals surface area contributed by atoms with E-state index >= 15 is 0 Å². The van der Waals surface area contributed by atoms with Gasteiger partial charge in [-0.05, 0) is 39.8 Å². The minimum absolute atomic E-state index is 0.173. The Bertz CT molecular complexity index is 711. The molecule has 0 aliphatic carbocycles. The number of ether oxygens (including phenoxy) is 1. The minimum atomic E-state index is -0.752. The maximum absolute atomic E-state index is 12.9. The van der Waals surface area contributed by atoms with E-state index in [-0.39, 0.29) is 5.91 Å². The highest BCUT2D eigenvalue weighted by molar-refractivity contribution is 6.32. The molecule has 0 heterocycles. The Morgan fingerprint density at radius 3 is 2.19 bits per heavy atom. The van der Waals surface area contributed by atoms with Crippen molar-refractivity contribution in [1.82, 2.24) is 10.2 Å². The van der Waals surface area contributed by atoms with E-state index in [1.807, 2.05) is 42.5 Å². The van der Waals surface area contributed by atoms with Crippen molar-refractivity contribution in [2.45, 2.75) is 45.9 Å². The largest absolute Gasteiger partial charge is 0.474 e. The number of carbonyl (C=O) groups excluding carboxylic acids is 1. The number of hydrogen-bond acceptors (Lipinski definition) is 3. The Kier molecular flexibility index (Phi) is 8.14. The van der Waals surface area contributed by atoms with Gasteiger partial charge in [-0.3, -0.25) is 9.69 Å². The van der Waals surface area contributed by atoms with E-state index in [0.29, 0.717) is 29.4 Å². The average molecular weight is 389 g/mol. The molecule has 0 aliphatic rings. The number of nitrogens with one attached hydrogen (secondary N) is 1. The second-order valence-corrected chi connectivity index (χ2v) is 7.46. The zero-order valence-corrected chi connectivity index (χ0v) is 17.2. The molecule has 0 saturated heterocycles. The average Bonchev–Trinajstić information content (AvgIpc) is 2.64. The molecule has 1 N–H and O–H groups in total. The first-order chi connectivity index (χ1) is 12.9. The lowest BCUT2D eigenvalue weighted by atomic mass is 10.1. The van der Waals surface area contributed by atoms with Gasteiger partial charge in [-0.2, -0.15) is 0 Å². The van der Waals surface area contributed by atoms with E-state index in [0.717, 1.165) is 12.1 Å². The summed E-state index contributed by atoms with van der Waals surface area (Å²) in [6.45, 7) is 9.99. The highest BCUT2D eigenvalue weighted by Crippen LogP contribution is 2.28. The SMILES string of the molecule is CC(C)N(CCNC(=O)[C@@H](Oc1ccccc1Cl)c1ccccc1)C(C)C. The molecule has 0 aromatic heterocycles. The van der Waals surface area contributed by atoms with Crippen molar-refractivity contribution in [3.8, 4) is 5.75 Å². The van der Waals surface area contributed by atoms with Crippen molar-refractivity contribution < 1.29 is 9.53 Å². The molecule has 4 nitrogen and oxygen atoms in total. The summed E-state index contributed by atoms with van der Waals surface area (Å²) in [6, 6.07) is 17.5. The molecule has 0 bridgehead atoms. The molecule has 0 spiro atoms. The van der Waals surface area contributed by atoms with Gasteiger partial charge in [0, 0.05) is 30.7 Å². The first-order valence-electron chi connectivity index (χ1n) is 9.39. The first kappa shape index (κ1) is 21.3. The molecule has 1 amide bonds. The summed E-state index contributed by atoms with van der Waals surface area (Å²) in [6.07, 6.45) is -0.752. The Morgan fingerprint density at radius 2 is 1.59 bits per heavy atom. The summed E-state index contributed by atoms with van der Waals surface area (Å²) in [5, 5.41) is 3.50. The summed E-state index contributed by atoms with van der Waals surface area (Å²) in [5.74, 6) is 0.322. The van der Waals surface area contributed by atoms with Crippen molar-refractivity contribution in [2.24, 2.45) is 0 Å². The molecule has 0 radical (unpaired) electrons. The molecule has 2 aromatic carbocycles. The van der Waals surface area contributed by atoms with E-state index in [9.17, 15) is 4.79 Å². The second-order valence-electron chi connectivity index (χ2n) is 7.06. The van der Waals surface area contributed by atoms with Gasteiger partial charge < -0.3 is 10.1 Å². The zero-order chi connectivity index (χ0) is 19.8. The van der Waals surface area contributed by atoms with Gasteiger partial charge in [-0.15, -0.1) is 0 Å². The summed E-state index contributed by atoms with van der Waals surface area (Å²) < 4.78 is 5.99. The van der Waals surface area contributed by atoms with Crippen LogP contribution in [0, 0.1) is 0 Å². The van der Waals surface area contributed by atoms with Crippen LogP contribution in [0.4, 0.5) is 0 Å². The van der Waals surface area contributed by atoms with Crippen LogP contribution >= 0.6 is 11.6 Å². The Labute approximate surface area is 167 Å². The number of rotatable bonds is 9. The molecular formula is C22H29ClN2O2. The van der Waals surface area contributed by atoms with Gasteiger partial charge in [0.1, 0.15) is 5.75 Å². The van der Waals surface area contributed by atoms with Gasteiger partial charge in [0.15, 0.2) is 0 Å². The standard InChI is InChI=1S/C22H29ClN2O2/c1-16(2)25(17(3)4)15-14-24-22(26)21(18-10-6-5-7-11-18)27-20-13-9-8-12-19(20)23/h5-13,16-17,21H,14-15H2,1-4H3,(H,24,26)/t21-/m0/s1. The number of amides is 1. The molecular weight excluding hydrogens is 360 g/mol. The smallest absolute Gasteiger partial charge is 0.265 e. The fourth-order valence-corrected chi connectivity index (χ4v) is 3.26. The third-order valence-electron chi connectivity index (χ3n) is 4.42. The quantitative estimate of drug-likeness (QED) is 0.677. The molecule has 27 heavy (non-hydrogen) atoms. The predicted octanol–water partition coefficient (Wildman–Crippen LogP) is 4.70.